The van der Waals surface area contributed by atoms with Gasteiger partial charge in [0.25, 0.3) is 0 Å². The Morgan fingerprint density at radius 2 is 0.907 bits per heavy atom. The molecule has 2 aromatic carbocycles. The standard InChI is InChI=1S/C40H62O3/c1-13-15-17-19-39(9,10)25-27-21-29-33(31(23-27)37(3,4)5)41-36-30-22-28(26-40(11,12)20-18-16-14-2)24-32(38(6,7)8)34(30)42-35(29)43-36/h21-24,35-36H,13-20,25-26H2,1-12H3. The van der Waals surface area contributed by atoms with Gasteiger partial charge in [0, 0.05) is 11.1 Å². The lowest BCUT2D eigenvalue weighted by molar-refractivity contribution is -0.228. The summed E-state index contributed by atoms with van der Waals surface area (Å²) in [5, 5.41) is 0. The van der Waals surface area contributed by atoms with Crippen molar-refractivity contribution in [3.05, 3.63) is 57.6 Å². The first-order valence-electron chi connectivity index (χ1n) is 17.3. The van der Waals surface area contributed by atoms with Gasteiger partial charge < -0.3 is 9.47 Å². The normalized spacial score (nSPS) is 18.5. The summed E-state index contributed by atoms with van der Waals surface area (Å²) in [4.78, 5) is 0. The Labute approximate surface area is 264 Å². The highest BCUT2D eigenvalue weighted by Crippen LogP contribution is 2.54. The summed E-state index contributed by atoms with van der Waals surface area (Å²) in [6.07, 6.45) is 11.3. The van der Waals surface area contributed by atoms with Gasteiger partial charge in [0.15, 0.2) is 0 Å². The van der Waals surface area contributed by atoms with Crippen LogP contribution in [0.4, 0.5) is 0 Å². The molecule has 0 fully saturated rings. The van der Waals surface area contributed by atoms with Gasteiger partial charge in [-0.05, 0) is 70.6 Å². The van der Waals surface area contributed by atoms with Gasteiger partial charge >= 0.3 is 0 Å². The first-order chi connectivity index (χ1) is 19.9. The molecule has 0 spiro atoms. The van der Waals surface area contributed by atoms with Crippen LogP contribution in [0.3, 0.4) is 0 Å². The SMILES string of the molecule is CCCCCC(C)(C)Cc1cc2c(c(C(C)(C)C)c1)OC1OC2Oc2c1cc(CC(C)(C)CCCCC)cc2C(C)(C)C. The van der Waals surface area contributed by atoms with Gasteiger partial charge in [0.2, 0.25) is 12.6 Å². The second kappa shape index (κ2) is 12.8. The number of hydrogen-bond acceptors (Lipinski definition) is 3. The fraction of sp³-hybridized carbons (Fsp3) is 0.700. The Balaban J connectivity index is 1.73. The number of benzene rings is 2. The van der Waals surface area contributed by atoms with E-state index in [1.165, 1.54) is 73.6 Å². The molecule has 2 aliphatic rings. The Bertz CT molecular complexity index is 1160. The van der Waals surface area contributed by atoms with Crippen molar-refractivity contribution in [2.75, 3.05) is 0 Å². The number of unbranched alkanes of at least 4 members (excludes halogenated alkanes) is 4. The highest BCUT2D eigenvalue weighted by molar-refractivity contribution is 5.55. The number of hydrogen-bond donors (Lipinski definition) is 0. The van der Waals surface area contributed by atoms with E-state index >= 15 is 0 Å². The molecular weight excluding hydrogens is 528 g/mol. The van der Waals surface area contributed by atoms with E-state index in [0.29, 0.717) is 0 Å². The van der Waals surface area contributed by atoms with Crippen LogP contribution in [0.1, 0.15) is 180 Å². The van der Waals surface area contributed by atoms with Crippen LogP contribution >= 0.6 is 0 Å². The molecule has 2 aromatic rings. The molecule has 4 rings (SSSR count). The van der Waals surface area contributed by atoms with Crippen LogP contribution in [0, 0.1) is 10.8 Å². The molecule has 0 saturated heterocycles. The molecule has 43 heavy (non-hydrogen) atoms. The van der Waals surface area contributed by atoms with Crippen LogP contribution in [0.25, 0.3) is 0 Å². The molecule has 0 aromatic heterocycles. The fourth-order valence-corrected chi connectivity index (χ4v) is 7.00. The summed E-state index contributed by atoms with van der Waals surface area (Å²) in [5.41, 5.74) is 7.60. The summed E-state index contributed by atoms with van der Waals surface area (Å²) in [6, 6.07) is 9.42. The summed E-state index contributed by atoms with van der Waals surface area (Å²) in [6.45, 7) is 27.9. The topological polar surface area (TPSA) is 27.7 Å². The minimum Gasteiger partial charge on any atom is -0.459 e. The number of ether oxygens (including phenoxy) is 3. The molecule has 0 aliphatic carbocycles. The lowest BCUT2D eigenvalue weighted by Gasteiger charge is -2.42. The van der Waals surface area contributed by atoms with Crippen LogP contribution in [-0.4, -0.2) is 0 Å². The van der Waals surface area contributed by atoms with Crippen molar-refractivity contribution < 1.29 is 14.2 Å². The van der Waals surface area contributed by atoms with Gasteiger partial charge in [-0.2, -0.15) is 0 Å². The summed E-state index contributed by atoms with van der Waals surface area (Å²) in [5.74, 6) is 1.91. The third-order valence-corrected chi connectivity index (χ3v) is 9.46. The Morgan fingerprint density at radius 1 is 0.535 bits per heavy atom. The van der Waals surface area contributed by atoms with Crippen molar-refractivity contribution >= 4 is 0 Å². The third-order valence-electron chi connectivity index (χ3n) is 9.46. The largest absolute Gasteiger partial charge is 0.459 e. The van der Waals surface area contributed by atoms with Gasteiger partial charge in [0.05, 0.1) is 11.1 Å². The zero-order valence-electron chi connectivity index (χ0n) is 29.8. The molecule has 3 nitrogen and oxygen atoms in total. The van der Waals surface area contributed by atoms with Crippen LogP contribution in [0.2, 0.25) is 0 Å². The average Bonchev–Trinajstić information content (AvgIpc) is 2.87. The van der Waals surface area contributed by atoms with Gasteiger partial charge in [-0.15, -0.1) is 0 Å². The molecule has 2 atom stereocenters. The molecule has 2 aliphatic heterocycles. The van der Waals surface area contributed by atoms with E-state index in [2.05, 4.69) is 107 Å². The van der Waals surface area contributed by atoms with Crippen molar-refractivity contribution in [3.8, 4) is 11.5 Å². The van der Waals surface area contributed by atoms with E-state index in [0.717, 1.165) is 35.5 Å². The molecule has 2 unspecified atom stereocenters. The van der Waals surface area contributed by atoms with Crippen molar-refractivity contribution in [3.63, 3.8) is 0 Å². The molecule has 240 valence electrons. The highest BCUT2D eigenvalue weighted by atomic mass is 16.8. The highest BCUT2D eigenvalue weighted by Gasteiger charge is 2.43. The molecule has 0 radical (unpaired) electrons. The minimum atomic E-state index is -0.470. The molecular formula is C40H62O3. The van der Waals surface area contributed by atoms with E-state index in [9.17, 15) is 0 Å². The van der Waals surface area contributed by atoms with Crippen molar-refractivity contribution in [1.82, 2.24) is 0 Å². The second-order valence-electron chi connectivity index (χ2n) is 17.3. The molecule has 0 saturated carbocycles. The van der Waals surface area contributed by atoms with Crippen LogP contribution in [-0.2, 0) is 28.4 Å². The van der Waals surface area contributed by atoms with Gasteiger partial charge in [-0.1, -0.05) is 134 Å². The Morgan fingerprint density at radius 3 is 1.23 bits per heavy atom. The van der Waals surface area contributed by atoms with Gasteiger partial charge in [-0.3, -0.25) is 4.74 Å². The zero-order chi connectivity index (χ0) is 31.8. The van der Waals surface area contributed by atoms with Crippen molar-refractivity contribution in [2.24, 2.45) is 10.8 Å². The summed E-state index contributed by atoms with van der Waals surface area (Å²) < 4.78 is 20.4. The maximum atomic E-state index is 6.88. The first-order valence-corrected chi connectivity index (χ1v) is 17.3. The molecule has 2 bridgehead atoms. The molecule has 0 amide bonds. The average molecular weight is 591 g/mol. The van der Waals surface area contributed by atoms with E-state index in [-0.39, 0.29) is 21.7 Å². The van der Waals surface area contributed by atoms with E-state index in [1.54, 1.807) is 0 Å². The maximum absolute atomic E-state index is 6.88. The van der Waals surface area contributed by atoms with Crippen LogP contribution in [0.5, 0.6) is 11.5 Å². The first kappa shape index (κ1) is 33.9. The monoisotopic (exact) mass is 590 g/mol. The Kier molecular flexibility index (Phi) is 10.1. The molecule has 2 heterocycles. The van der Waals surface area contributed by atoms with E-state index in [4.69, 9.17) is 14.2 Å². The van der Waals surface area contributed by atoms with Crippen molar-refractivity contribution in [1.29, 1.82) is 0 Å². The van der Waals surface area contributed by atoms with Crippen LogP contribution < -0.4 is 9.47 Å². The van der Waals surface area contributed by atoms with E-state index < -0.39 is 12.6 Å². The van der Waals surface area contributed by atoms with Gasteiger partial charge in [0.1, 0.15) is 11.5 Å². The molecule has 0 N–H and O–H groups in total. The second-order valence-corrected chi connectivity index (χ2v) is 17.3. The van der Waals surface area contributed by atoms with E-state index in [1.807, 2.05) is 0 Å². The number of rotatable bonds is 12. The quantitative estimate of drug-likeness (QED) is 0.230. The number of fused-ring (bicyclic) bond motifs is 6. The molecule has 3 heteroatoms. The zero-order valence-corrected chi connectivity index (χ0v) is 29.8. The fourth-order valence-electron chi connectivity index (χ4n) is 7.00. The summed E-state index contributed by atoms with van der Waals surface area (Å²) in [7, 11) is 0. The summed E-state index contributed by atoms with van der Waals surface area (Å²) >= 11 is 0. The predicted molar refractivity (Wildman–Crippen MR) is 181 cm³/mol. The minimum absolute atomic E-state index is 0.0676. The Hall–Kier alpha value is -2.00. The lowest BCUT2D eigenvalue weighted by atomic mass is 9.77. The third kappa shape index (κ3) is 8.19. The maximum Gasteiger partial charge on any atom is 0.233 e. The smallest absolute Gasteiger partial charge is 0.233 e. The van der Waals surface area contributed by atoms with Crippen LogP contribution in [0.15, 0.2) is 24.3 Å². The van der Waals surface area contributed by atoms with Crippen molar-refractivity contribution in [2.45, 2.75) is 171 Å². The van der Waals surface area contributed by atoms with Gasteiger partial charge in [-0.25, -0.2) is 0 Å². The predicted octanol–water partition coefficient (Wildman–Crippen LogP) is 12.1. The lowest BCUT2D eigenvalue weighted by Crippen LogP contribution is -2.34.